The number of hydrogen-bond acceptors (Lipinski definition) is 1. The minimum atomic E-state index is -0.0874. The molecule has 0 bridgehead atoms. The van der Waals surface area contributed by atoms with E-state index >= 15 is 0 Å². The first-order valence-corrected chi connectivity index (χ1v) is 5.57. The topological polar surface area (TPSA) is 29.1 Å². The minimum Gasteiger partial charge on any atom is -0.321 e. The number of nitrogens with one attached hydrogen (secondary N) is 1. The average molecular weight is 283 g/mol. The summed E-state index contributed by atoms with van der Waals surface area (Å²) in [4.78, 5) is 11.6. The Balaban J connectivity index is 2.58. The summed E-state index contributed by atoms with van der Waals surface area (Å²) < 4.78 is 0.946. The molecule has 15 heavy (non-hydrogen) atoms. The van der Waals surface area contributed by atoms with Crippen molar-refractivity contribution in [1.29, 1.82) is 0 Å². The maximum Gasteiger partial charge on any atom is 0.256 e. The smallest absolute Gasteiger partial charge is 0.256 e. The van der Waals surface area contributed by atoms with Gasteiger partial charge in [-0.15, -0.1) is 0 Å². The normalized spacial score (nSPS) is 13.3. The molecule has 2 aromatic rings. The summed E-state index contributed by atoms with van der Waals surface area (Å²) >= 11 is 9.41. The van der Waals surface area contributed by atoms with Crippen LogP contribution >= 0.6 is 27.5 Å². The van der Waals surface area contributed by atoms with Gasteiger partial charge in [0.2, 0.25) is 0 Å². The molecule has 0 saturated carbocycles. The Morgan fingerprint density at radius 2 is 2.07 bits per heavy atom. The van der Waals surface area contributed by atoms with Crippen LogP contribution in [-0.4, -0.2) is 5.91 Å². The van der Waals surface area contributed by atoms with Gasteiger partial charge in [-0.1, -0.05) is 27.5 Å². The van der Waals surface area contributed by atoms with Gasteiger partial charge < -0.3 is 5.32 Å². The first kappa shape index (κ1) is 9.19. The molecule has 4 heteroatoms. The molecule has 74 valence electrons. The predicted molar refractivity (Wildman–Crippen MR) is 64.6 cm³/mol. The molecule has 2 nitrogen and oxygen atoms in total. The van der Waals surface area contributed by atoms with E-state index in [2.05, 4.69) is 21.2 Å². The number of halogens is 2. The highest BCUT2D eigenvalue weighted by Gasteiger charge is 2.22. The maximum absolute atomic E-state index is 11.6. The van der Waals surface area contributed by atoms with Gasteiger partial charge in [0.25, 0.3) is 5.91 Å². The van der Waals surface area contributed by atoms with Gasteiger partial charge in [0.05, 0.1) is 5.56 Å². The monoisotopic (exact) mass is 281 g/mol. The van der Waals surface area contributed by atoms with E-state index in [9.17, 15) is 4.79 Å². The molecule has 0 atom stereocenters. The lowest BCUT2D eigenvalue weighted by atomic mass is 10.1. The summed E-state index contributed by atoms with van der Waals surface area (Å²) in [5, 5.41) is 5.29. The fraction of sp³-hybridized carbons (Fsp3) is 0. The van der Waals surface area contributed by atoms with Crippen LogP contribution in [0, 0.1) is 0 Å². The molecule has 2 aromatic carbocycles. The van der Waals surface area contributed by atoms with Gasteiger partial charge in [0.1, 0.15) is 0 Å². The fourth-order valence-corrected chi connectivity index (χ4v) is 2.55. The average Bonchev–Trinajstić information content (AvgIpc) is 2.51. The maximum atomic E-state index is 11.6. The second-order valence-corrected chi connectivity index (χ2v) is 4.72. The Morgan fingerprint density at radius 1 is 1.27 bits per heavy atom. The third kappa shape index (κ3) is 1.20. The molecule has 0 aliphatic carbocycles. The molecular weight excluding hydrogens is 277 g/mol. The molecule has 0 fully saturated rings. The first-order valence-electron chi connectivity index (χ1n) is 4.40. The fourth-order valence-electron chi connectivity index (χ4n) is 1.89. The number of hydrogen-bond donors (Lipinski definition) is 1. The number of benzene rings is 2. The van der Waals surface area contributed by atoms with Crippen LogP contribution in [0.15, 0.2) is 28.7 Å². The summed E-state index contributed by atoms with van der Waals surface area (Å²) in [6.45, 7) is 0. The van der Waals surface area contributed by atoms with Crippen molar-refractivity contribution < 1.29 is 4.79 Å². The highest BCUT2D eigenvalue weighted by molar-refractivity contribution is 9.10. The van der Waals surface area contributed by atoms with Crippen molar-refractivity contribution in [1.82, 2.24) is 0 Å². The van der Waals surface area contributed by atoms with Crippen molar-refractivity contribution in [3.8, 4) is 0 Å². The summed E-state index contributed by atoms with van der Waals surface area (Å²) in [6.07, 6.45) is 0. The molecule has 0 unspecified atom stereocenters. The van der Waals surface area contributed by atoms with Crippen LogP contribution in [0.25, 0.3) is 10.8 Å². The summed E-state index contributed by atoms with van der Waals surface area (Å²) in [6, 6.07) is 7.34. The molecule has 1 heterocycles. The lowest BCUT2D eigenvalue weighted by Crippen LogP contribution is -2.03. The predicted octanol–water partition coefficient (Wildman–Crippen LogP) is 3.82. The lowest BCUT2D eigenvalue weighted by molar-refractivity contribution is 0.103. The molecule has 0 aromatic heterocycles. The van der Waals surface area contributed by atoms with Gasteiger partial charge in [0.15, 0.2) is 0 Å². The van der Waals surface area contributed by atoms with Crippen LogP contribution in [-0.2, 0) is 0 Å². The molecule has 1 N–H and O–H groups in total. The molecule has 3 rings (SSSR count). The Morgan fingerprint density at radius 3 is 2.87 bits per heavy atom. The number of carbonyl (C=O) groups excluding carboxylic acids is 1. The molecule has 1 aliphatic heterocycles. The van der Waals surface area contributed by atoms with Crippen molar-refractivity contribution in [2.24, 2.45) is 0 Å². The van der Waals surface area contributed by atoms with Crippen LogP contribution < -0.4 is 5.32 Å². The summed E-state index contributed by atoms with van der Waals surface area (Å²) in [5.41, 5.74) is 1.50. The van der Waals surface area contributed by atoms with Gasteiger partial charge in [-0.05, 0) is 24.3 Å². The highest BCUT2D eigenvalue weighted by Crippen LogP contribution is 2.38. The molecule has 0 radical (unpaired) electrons. The van der Waals surface area contributed by atoms with Gasteiger partial charge in [-0.2, -0.15) is 0 Å². The first-order chi connectivity index (χ1) is 7.16. The lowest BCUT2D eigenvalue weighted by Gasteiger charge is -2.02. The van der Waals surface area contributed by atoms with E-state index in [0.717, 1.165) is 20.9 Å². The van der Waals surface area contributed by atoms with Crippen LogP contribution in [0.1, 0.15) is 10.4 Å². The van der Waals surface area contributed by atoms with Crippen LogP contribution in [0.5, 0.6) is 0 Å². The number of rotatable bonds is 0. The standard InChI is InChI=1S/C11H5BrClNO/c12-8-1-2-9-10-6(8)3-5(13)4-7(10)11(15)14-9/h1-4H,(H,14,15). The van der Waals surface area contributed by atoms with Crippen molar-refractivity contribution in [2.45, 2.75) is 0 Å². The third-order valence-corrected chi connectivity index (χ3v) is 3.43. The Bertz CT molecular complexity index is 609. The van der Waals surface area contributed by atoms with E-state index in [1.54, 1.807) is 6.07 Å². The molecule has 1 aliphatic rings. The zero-order valence-corrected chi connectivity index (χ0v) is 9.82. The molecule has 0 spiro atoms. The van der Waals surface area contributed by atoms with Crippen LogP contribution in [0.3, 0.4) is 0 Å². The van der Waals surface area contributed by atoms with Gasteiger partial charge in [-0.25, -0.2) is 0 Å². The molecule has 0 saturated heterocycles. The third-order valence-electron chi connectivity index (χ3n) is 2.52. The van der Waals surface area contributed by atoms with E-state index in [0.29, 0.717) is 10.6 Å². The summed E-state index contributed by atoms with van der Waals surface area (Å²) in [7, 11) is 0. The summed E-state index contributed by atoms with van der Waals surface area (Å²) in [5.74, 6) is -0.0874. The van der Waals surface area contributed by atoms with Gasteiger partial charge in [0, 0.05) is 26.0 Å². The van der Waals surface area contributed by atoms with Crippen molar-refractivity contribution in [3.05, 3.63) is 39.3 Å². The van der Waals surface area contributed by atoms with Crippen LogP contribution in [0.4, 0.5) is 5.69 Å². The molecular formula is C11H5BrClNO. The minimum absolute atomic E-state index is 0.0874. The number of anilines is 1. The second kappa shape index (κ2) is 2.97. The van der Waals surface area contributed by atoms with E-state index in [-0.39, 0.29) is 5.91 Å². The van der Waals surface area contributed by atoms with E-state index in [1.807, 2.05) is 18.2 Å². The Kier molecular flexibility index (Phi) is 1.82. The van der Waals surface area contributed by atoms with E-state index < -0.39 is 0 Å². The largest absolute Gasteiger partial charge is 0.321 e. The van der Waals surface area contributed by atoms with Gasteiger partial charge >= 0.3 is 0 Å². The zero-order valence-electron chi connectivity index (χ0n) is 7.47. The Hall–Kier alpha value is -1.06. The van der Waals surface area contributed by atoms with E-state index in [4.69, 9.17) is 11.6 Å². The van der Waals surface area contributed by atoms with E-state index in [1.165, 1.54) is 0 Å². The quantitative estimate of drug-likeness (QED) is 0.782. The Labute approximate surface area is 99.4 Å². The number of amides is 1. The highest BCUT2D eigenvalue weighted by atomic mass is 79.9. The molecule has 1 amide bonds. The van der Waals surface area contributed by atoms with Crippen molar-refractivity contribution >= 4 is 49.9 Å². The van der Waals surface area contributed by atoms with Crippen molar-refractivity contribution in [3.63, 3.8) is 0 Å². The SMILES string of the molecule is O=C1Nc2ccc(Br)c3cc(Cl)cc1c23. The van der Waals surface area contributed by atoms with Crippen LogP contribution in [0.2, 0.25) is 5.02 Å². The van der Waals surface area contributed by atoms with Crippen molar-refractivity contribution in [2.75, 3.05) is 5.32 Å². The van der Waals surface area contributed by atoms with Gasteiger partial charge in [-0.3, -0.25) is 4.79 Å². The number of carbonyl (C=O) groups is 1. The second-order valence-electron chi connectivity index (χ2n) is 3.42. The zero-order chi connectivity index (χ0) is 10.6.